The van der Waals surface area contributed by atoms with Gasteiger partial charge in [0.25, 0.3) is 5.56 Å². The quantitative estimate of drug-likeness (QED) is 0.675. The first-order valence-electron chi connectivity index (χ1n) is 7.81. The van der Waals surface area contributed by atoms with Crippen molar-refractivity contribution in [1.29, 1.82) is 0 Å². The molecule has 4 N–H and O–H groups in total. The van der Waals surface area contributed by atoms with Gasteiger partial charge < -0.3 is 15.2 Å². The number of ether oxygens (including phenoxy) is 1. The Bertz CT molecular complexity index is 922. The lowest BCUT2D eigenvalue weighted by molar-refractivity contribution is -0.116. The van der Waals surface area contributed by atoms with Crippen LogP contribution in [0.4, 0.5) is 5.82 Å². The second-order valence-corrected chi connectivity index (χ2v) is 5.99. The summed E-state index contributed by atoms with van der Waals surface area (Å²) in [6.07, 6.45) is 1.94. The molecule has 1 aliphatic carbocycles. The second-order valence-electron chi connectivity index (χ2n) is 5.99. The molecule has 0 spiro atoms. The average molecular weight is 327 g/mol. The molecule has 2 aromatic rings. The number of aromatic hydroxyl groups is 1. The number of carbonyl (C=O) groups is 1. The van der Waals surface area contributed by atoms with Crippen molar-refractivity contribution >= 4 is 11.6 Å². The largest absolute Gasteiger partial charge is 0.504 e. The number of rotatable bonds is 2. The molecule has 1 aromatic carbocycles. The van der Waals surface area contributed by atoms with E-state index in [4.69, 9.17) is 4.74 Å². The van der Waals surface area contributed by atoms with Gasteiger partial charge in [-0.25, -0.2) is 0 Å². The minimum atomic E-state index is -0.617. The third-order valence-corrected chi connectivity index (χ3v) is 4.69. The molecule has 0 saturated carbocycles. The third-order valence-electron chi connectivity index (χ3n) is 4.69. The minimum Gasteiger partial charge on any atom is -0.504 e. The van der Waals surface area contributed by atoms with Crippen molar-refractivity contribution in [3.63, 3.8) is 0 Å². The Kier molecular flexibility index (Phi) is 3.23. The molecular weight excluding hydrogens is 310 g/mol. The zero-order valence-corrected chi connectivity index (χ0v) is 13.1. The molecule has 0 bridgehead atoms. The topological polar surface area (TPSA) is 107 Å². The molecule has 24 heavy (non-hydrogen) atoms. The summed E-state index contributed by atoms with van der Waals surface area (Å²) in [5.74, 6) is 0.186. The van der Waals surface area contributed by atoms with Crippen molar-refractivity contribution in [3.8, 4) is 11.5 Å². The third kappa shape index (κ3) is 1.97. The molecule has 7 nitrogen and oxygen atoms in total. The van der Waals surface area contributed by atoms with Gasteiger partial charge in [0.05, 0.1) is 18.6 Å². The van der Waals surface area contributed by atoms with Crippen molar-refractivity contribution in [2.24, 2.45) is 0 Å². The first-order valence-corrected chi connectivity index (χ1v) is 7.81. The van der Waals surface area contributed by atoms with Crippen molar-refractivity contribution < 1.29 is 14.6 Å². The molecule has 0 amide bonds. The Morgan fingerprint density at radius 2 is 2.04 bits per heavy atom. The number of nitrogens with one attached hydrogen (secondary N) is 3. The number of aromatic nitrogens is 2. The maximum atomic E-state index is 12.6. The van der Waals surface area contributed by atoms with Gasteiger partial charge in [-0.15, -0.1) is 0 Å². The number of aromatic amines is 2. The number of phenolic OH excluding ortho intramolecular Hbond substituents is 1. The van der Waals surface area contributed by atoms with Crippen LogP contribution in [0.2, 0.25) is 0 Å². The van der Waals surface area contributed by atoms with Gasteiger partial charge in [0.1, 0.15) is 5.82 Å². The van der Waals surface area contributed by atoms with Crippen molar-refractivity contribution in [3.05, 3.63) is 50.9 Å². The first-order chi connectivity index (χ1) is 11.6. The zero-order chi connectivity index (χ0) is 16.8. The zero-order valence-electron chi connectivity index (χ0n) is 13.1. The lowest BCUT2D eigenvalue weighted by Gasteiger charge is -2.31. The van der Waals surface area contributed by atoms with Crippen LogP contribution in [0.15, 0.2) is 34.3 Å². The normalized spacial score (nSPS) is 19.5. The monoisotopic (exact) mass is 327 g/mol. The van der Waals surface area contributed by atoms with Crippen molar-refractivity contribution in [1.82, 2.24) is 10.2 Å². The summed E-state index contributed by atoms with van der Waals surface area (Å²) in [5, 5.41) is 19.1. The van der Waals surface area contributed by atoms with Crippen molar-refractivity contribution in [2.45, 2.75) is 25.2 Å². The number of H-pyrrole nitrogens is 2. The summed E-state index contributed by atoms with van der Waals surface area (Å²) in [4.78, 5) is 24.9. The van der Waals surface area contributed by atoms with Gasteiger partial charge in [-0.3, -0.25) is 19.8 Å². The predicted molar refractivity (Wildman–Crippen MR) is 87.4 cm³/mol. The average Bonchev–Trinajstić information content (AvgIpc) is 2.95. The summed E-state index contributed by atoms with van der Waals surface area (Å²) in [5.41, 5.74) is 1.95. The number of fused-ring (bicyclic) bond motifs is 1. The Morgan fingerprint density at radius 3 is 2.83 bits per heavy atom. The number of Topliss-reactive ketones (excluding diaryl/α,β-unsaturated/α-hetero) is 1. The summed E-state index contributed by atoms with van der Waals surface area (Å²) >= 11 is 0. The molecule has 0 radical (unpaired) electrons. The van der Waals surface area contributed by atoms with Crippen LogP contribution in [0, 0.1) is 0 Å². The van der Waals surface area contributed by atoms with Crippen LogP contribution in [0.5, 0.6) is 11.5 Å². The first kappa shape index (κ1) is 14.6. The van der Waals surface area contributed by atoms with Gasteiger partial charge in [0.2, 0.25) is 0 Å². The van der Waals surface area contributed by atoms with Gasteiger partial charge >= 0.3 is 0 Å². The number of hydrogen-bond donors (Lipinski definition) is 4. The minimum absolute atomic E-state index is 0.00206. The highest BCUT2D eigenvalue weighted by molar-refractivity contribution is 6.01. The summed E-state index contributed by atoms with van der Waals surface area (Å²) in [6.45, 7) is 0. The molecule has 7 heteroatoms. The molecule has 1 aromatic heterocycles. The highest BCUT2D eigenvalue weighted by atomic mass is 16.5. The molecule has 1 aliphatic heterocycles. The van der Waals surface area contributed by atoms with E-state index in [1.165, 1.54) is 7.11 Å². The Balaban J connectivity index is 2.00. The van der Waals surface area contributed by atoms with E-state index in [0.29, 0.717) is 34.7 Å². The molecule has 2 heterocycles. The molecule has 2 aliphatic rings. The van der Waals surface area contributed by atoms with Crippen LogP contribution in [0.25, 0.3) is 0 Å². The van der Waals surface area contributed by atoms with E-state index >= 15 is 0 Å². The Hall–Kier alpha value is -2.96. The summed E-state index contributed by atoms with van der Waals surface area (Å²) in [6, 6.07) is 5.10. The number of para-hydroxylation sites is 1. The fourth-order valence-electron chi connectivity index (χ4n) is 3.61. The fourth-order valence-corrected chi connectivity index (χ4v) is 3.61. The van der Waals surface area contributed by atoms with E-state index in [0.717, 1.165) is 18.5 Å². The molecule has 0 fully saturated rings. The number of methoxy groups -OCH3 is 1. The number of carbonyl (C=O) groups excluding carboxylic acids is 1. The van der Waals surface area contributed by atoms with Gasteiger partial charge in [-0.05, 0) is 18.9 Å². The molecule has 1 unspecified atom stereocenters. The standard InChI is InChI=1S/C17H17N3O4/c1-24-11-7-2-4-8(15(11)22)12-13-9(5-3-6-10(13)21)18-16-14(12)17(23)20-19-16/h2,4,7,12,22H,3,5-6H2,1H3,(H3,18,19,20,23). The number of ketones is 1. The number of hydrogen-bond acceptors (Lipinski definition) is 5. The lowest BCUT2D eigenvalue weighted by Crippen LogP contribution is -2.29. The highest BCUT2D eigenvalue weighted by Crippen LogP contribution is 2.47. The van der Waals surface area contributed by atoms with E-state index in [-0.39, 0.29) is 17.1 Å². The summed E-state index contributed by atoms with van der Waals surface area (Å²) in [7, 11) is 1.46. The van der Waals surface area contributed by atoms with Crippen molar-refractivity contribution in [2.75, 3.05) is 12.4 Å². The molecule has 0 saturated heterocycles. The molecular formula is C17H17N3O4. The van der Waals surface area contributed by atoms with E-state index in [1.807, 2.05) is 0 Å². The van der Waals surface area contributed by atoms with Crippen LogP contribution < -0.4 is 15.6 Å². The second kappa shape index (κ2) is 5.30. The van der Waals surface area contributed by atoms with E-state index in [1.54, 1.807) is 18.2 Å². The lowest BCUT2D eigenvalue weighted by atomic mass is 9.76. The van der Waals surface area contributed by atoms with Gasteiger partial charge in [0.15, 0.2) is 17.3 Å². The number of anilines is 1. The van der Waals surface area contributed by atoms with E-state index in [2.05, 4.69) is 15.5 Å². The van der Waals surface area contributed by atoms with Gasteiger partial charge in [-0.2, -0.15) is 0 Å². The maximum absolute atomic E-state index is 12.6. The molecule has 4 rings (SSSR count). The van der Waals surface area contributed by atoms with E-state index < -0.39 is 5.92 Å². The maximum Gasteiger partial charge on any atom is 0.270 e. The molecule has 1 atom stereocenters. The van der Waals surface area contributed by atoms with Crippen LogP contribution in [-0.4, -0.2) is 28.2 Å². The SMILES string of the molecule is COc1cccc(C2C3=C(CCCC3=O)Nc3[nH][nH]c(=O)c32)c1O. The summed E-state index contributed by atoms with van der Waals surface area (Å²) < 4.78 is 5.18. The van der Waals surface area contributed by atoms with Crippen LogP contribution in [0.1, 0.15) is 36.3 Å². The predicted octanol–water partition coefficient (Wildman–Crippen LogP) is 1.98. The highest BCUT2D eigenvalue weighted by Gasteiger charge is 2.39. The molecule has 124 valence electrons. The number of phenols is 1. The fraction of sp³-hybridized carbons (Fsp3) is 0.294. The number of benzene rings is 1. The van der Waals surface area contributed by atoms with Crippen LogP contribution in [0.3, 0.4) is 0 Å². The number of allylic oxidation sites excluding steroid dienone is 2. The van der Waals surface area contributed by atoms with Gasteiger partial charge in [0, 0.05) is 23.3 Å². The van der Waals surface area contributed by atoms with Crippen LogP contribution >= 0.6 is 0 Å². The van der Waals surface area contributed by atoms with E-state index in [9.17, 15) is 14.7 Å². The Morgan fingerprint density at radius 1 is 1.21 bits per heavy atom. The Labute approximate surface area is 137 Å². The van der Waals surface area contributed by atoms with Gasteiger partial charge in [-0.1, -0.05) is 12.1 Å². The smallest absolute Gasteiger partial charge is 0.270 e. The van der Waals surface area contributed by atoms with Crippen LogP contribution in [-0.2, 0) is 4.79 Å².